The van der Waals surface area contributed by atoms with Crippen LogP contribution in [0.3, 0.4) is 0 Å². The Morgan fingerprint density at radius 3 is 2.89 bits per heavy atom. The Morgan fingerprint density at radius 1 is 1.25 bits per heavy atom. The number of hydrogen-bond donors (Lipinski definition) is 1. The first-order valence-electron chi connectivity index (χ1n) is 12.4. The first kappa shape index (κ1) is 25.0. The summed E-state index contributed by atoms with van der Waals surface area (Å²) in [6.07, 6.45) is 4.39. The standard InChI is InChI=1S/C28H29BrFNO5/c1-17-22-8-7-21(35-16-18-5-6-20(29)12-24(18)30)13-25(22)36-27(33)23(17)14-26(32)31-11-10-28(34)9-3-2-4-19(28)15-31/h5-8,12-13,19,34H,2-4,9-11,14-16H2,1H3/t19-,28-/m1/s1. The van der Waals surface area contributed by atoms with E-state index >= 15 is 0 Å². The van der Waals surface area contributed by atoms with Gasteiger partial charge in [0.2, 0.25) is 5.91 Å². The fourth-order valence-electron chi connectivity index (χ4n) is 5.53. The van der Waals surface area contributed by atoms with Gasteiger partial charge in [-0.3, -0.25) is 4.79 Å². The summed E-state index contributed by atoms with van der Waals surface area (Å²) < 4.78 is 26.0. The van der Waals surface area contributed by atoms with Crippen LogP contribution in [0.2, 0.25) is 0 Å². The highest BCUT2D eigenvalue weighted by atomic mass is 79.9. The lowest BCUT2D eigenvalue weighted by Gasteiger charge is -2.47. The fourth-order valence-corrected chi connectivity index (χ4v) is 5.86. The monoisotopic (exact) mass is 557 g/mol. The van der Waals surface area contributed by atoms with E-state index in [1.165, 1.54) is 6.07 Å². The lowest BCUT2D eigenvalue weighted by atomic mass is 9.71. The van der Waals surface area contributed by atoms with Gasteiger partial charge in [0.05, 0.1) is 17.6 Å². The van der Waals surface area contributed by atoms with E-state index in [-0.39, 0.29) is 30.7 Å². The van der Waals surface area contributed by atoms with Crippen LogP contribution in [0, 0.1) is 18.7 Å². The van der Waals surface area contributed by atoms with E-state index in [1.54, 1.807) is 35.2 Å². The number of fused-ring (bicyclic) bond motifs is 2. The minimum absolute atomic E-state index is 0.0314. The van der Waals surface area contributed by atoms with Gasteiger partial charge >= 0.3 is 5.63 Å². The zero-order valence-corrected chi connectivity index (χ0v) is 21.8. The number of piperidine rings is 1. The first-order valence-corrected chi connectivity index (χ1v) is 13.2. The summed E-state index contributed by atoms with van der Waals surface area (Å²) >= 11 is 3.24. The Morgan fingerprint density at radius 2 is 2.08 bits per heavy atom. The van der Waals surface area contributed by atoms with E-state index in [1.807, 2.05) is 6.92 Å². The third-order valence-corrected chi connectivity index (χ3v) is 8.27. The van der Waals surface area contributed by atoms with Gasteiger partial charge in [0, 0.05) is 40.5 Å². The fraction of sp³-hybridized carbons (Fsp3) is 0.429. The number of carbonyl (C=O) groups excluding carboxylic acids is 1. The molecule has 2 aromatic carbocycles. The second-order valence-electron chi connectivity index (χ2n) is 9.99. The van der Waals surface area contributed by atoms with E-state index in [2.05, 4.69) is 15.9 Å². The highest BCUT2D eigenvalue weighted by Gasteiger charge is 2.43. The molecule has 1 N–H and O–H groups in total. The number of amides is 1. The molecule has 0 bridgehead atoms. The van der Waals surface area contributed by atoms with Crippen molar-refractivity contribution in [3.05, 3.63) is 73.8 Å². The van der Waals surface area contributed by atoms with Crippen LogP contribution in [0.15, 0.2) is 50.1 Å². The molecule has 36 heavy (non-hydrogen) atoms. The molecule has 2 heterocycles. The number of likely N-dealkylation sites (tertiary alicyclic amines) is 1. The Kier molecular flexibility index (Phi) is 6.92. The largest absolute Gasteiger partial charge is 0.489 e. The molecule has 190 valence electrons. The summed E-state index contributed by atoms with van der Waals surface area (Å²) in [4.78, 5) is 27.7. The Labute approximate surface area is 217 Å². The van der Waals surface area contributed by atoms with E-state index in [0.29, 0.717) is 52.0 Å². The molecule has 1 amide bonds. The van der Waals surface area contributed by atoms with Crippen molar-refractivity contribution in [1.29, 1.82) is 0 Å². The van der Waals surface area contributed by atoms with Gasteiger partial charge in [-0.05, 0) is 56.0 Å². The van der Waals surface area contributed by atoms with Crippen LogP contribution >= 0.6 is 15.9 Å². The zero-order chi connectivity index (χ0) is 25.4. The van der Waals surface area contributed by atoms with Crippen LogP contribution in [0.4, 0.5) is 4.39 Å². The quantitative estimate of drug-likeness (QED) is 0.432. The maximum atomic E-state index is 14.1. The number of halogens is 2. The third kappa shape index (κ3) is 4.93. The van der Waals surface area contributed by atoms with E-state index in [4.69, 9.17) is 9.15 Å². The van der Waals surface area contributed by atoms with Crippen molar-refractivity contribution >= 4 is 32.8 Å². The van der Waals surface area contributed by atoms with E-state index in [9.17, 15) is 19.1 Å². The molecule has 2 aliphatic rings. The molecular formula is C28H29BrFNO5. The van der Waals surface area contributed by atoms with Gasteiger partial charge in [-0.2, -0.15) is 0 Å². The molecule has 6 nitrogen and oxygen atoms in total. The van der Waals surface area contributed by atoms with Crippen molar-refractivity contribution < 1.29 is 23.4 Å². The topological polar surface area (TPSA) is 80.0 Å². The normalized spacial score (nSPS) is 21.9. The number of aliphatic hydroxyl groups is 1. The average molecular weight is 558 g/mol. The molecule has 0 unspecified atom stereocenters. The second kappa shape index (κ2) is 9.98. The minimum Gasteiger partial charge on any atom is -0.489 e. The van der Waals surface area contributed by atoms with Gasteiger partial charge < -0.3 is 19.2 Å². The molecule has 0 spiro atoms. The predicted octanol–water partition coefficient (Wildman–Crippen LogP) is 5.28. The molecule has 1 saturated carbocycles. The van der Waals surface area contributed by atoms with E-state index < -0.39 is 11.2 Å². The highest BCUT2D eigenvalue weighted by molar-refractivity contribution is 9.10. The lowest BCUT2D eigenvalue weighted by Crippen LogP contribution is -2.55. The van der Waals surface area contributed by atoms with Crippen LogP contribution in [-0.2, 0) is 17.8 Å². The summed E-state index contributed by atoms with van der Waals surface area (Å²) in [5.41, 5.74) is 0.613. The number of nitrogens with zero attached hydrogens (tertiary/aromatic N) is 1. The predicted molar refractivity (Wildman–Crippen MR) is 137 cm³/mol. The summed E-state index contributed by atoms with van der Waals surface area (Å²) in [5, 5.41) is 11.6. The minimum atomic E-state index is -0.657. The van der Waals surface area contributed by atoms with Crippen molar-refractivity contribution in [3.63, 3.8) is 0 Å². The maximum Gasteiger partial charge on any atom is 0.340 e. The van der Waals surface area contributed by atoms with Gasteiger partial charge in [-0.15, -0.1) is 0 Å². The molecule has 3 aromatic rings. The second-order valence-corrected chi connectivity index (χ2v) is 10.9. The van der Waals surface area contributed by atoms with Crippen LogP contribution < -0.4 is 10.4 Å². The van der Waals surface area contributed by atoms with Crippen LogP contribution in [0.5, 0.6) is 5.75 Å². The van der Waals surface area contributed by atoms with Crippen molar-refractivity contribution in [2.75, 3.05) is 13.1 Å². The van der Waals surface area contributed by atoms with Gasteiger partial charge in [-0.1, -0.05) is 34.8 Å². The first-order chi connectivity index (χ1) is 17.2. The molecule has 2 atom stereocenters. The van der Waals surface area contributed by atoms with Crippen LogP contribution in [0.1, 0.15) is 48.8 Å². The summed E-state index contributed by atoms with van der Waals surface area (Å²) in [6, 6.07) is 9.91. The average Bonchev–Trinajstić information content (AvgIpc) is 2.85. The van der Waals surface area contributed by atoms with Gasteiger partial charge in [0.15, 0.2) is 0 Å². The SMILES string of the molecule is Cc1c(CC(=O)N2CC[C@]3(O)CCCC[C@@H]3C2)c(=O)oc2cc(OCc3ccc(Br)cc3F)ccc12. The number of hydrogen-bond acceptors (Lipinski definition) is 5. The van der Waals surface area contributed by atoms with Crippen LogP contribution in [-0.4, -0.2) is 34.6 Å². The number of carbonyl (C=O) groups is 1. The van der Waals surface area contributed by atoms with E-state index in [0.717, 1.165) is 31.1 Å². The molecule has 2 fully saturated rings. The van der Waals surface area contributed by atoms with Crippen molar-refractivity contribution in [2.45, 2.75) is 57.7 Å². The molecule has 1 aliphatic carbocycles. The number of benzene rings is 2. The summed E-state index contributed by atoms with van der Waals surface area (Å²) in [6.45, 7) is 2.89. The van der Waals surface area contributed by atoms with Crippen LogP contribution in [0.25, 0.3) is 11.0 Å². The molecule has 5 rings (SSSR count). The third-order valence-electron chi connectivity index (χ3n) is 7.78. The zero-order valence-electron chi connectivity index (χ0n) is 20.2. The number of rotatable bonds is 5. The Bertz CT molecular complexity index is 1370. The summed E-state index contributed by atoms with van der Waals surface area (Å²) in [7, 11) is 0. The Balaban J connectivity index is 1.31. The van der Waals surface area contributed by atoms with Gasteiger partial charge in [-0.25, -0.2) is 9.18 Å². The van der Waals surface area contributed by atoms with Crippen molar-refractivity contribution in [3.8, 4) is 5.75 Å². The number of ether oxygens (including phenoxy) is 1. The van der Waals surface area contributed by atoms with Crippen molar-refractivity contribution in [2.24, 2.45) is 5.92 Å². The molecule has 1 saturated heterocycles. The smallest absolute Gasteiger partial charge is 0.340 e. The van der Waals surface area contributed by atoms with Gasteiger partial charge in [0.25, 0.3) is 0 Å². The molecule has 1 aromatic heterocycles. The molecule has 0 radical (unpaired) electrons. The molecular weight excluding hydrogens is 529 g/mol. The summed E-state index contributed by atoms with van der Waals surface area (Å²) in [5.74, 6) is 0.0596. The van der Waals surface area contributed by atoms with Crippen molar-refractivity contribution in [1.82, 2.24) is 4.90 Å². The number of aryl methyl sites for hydroxylation is 1. The highest BCUT2D eigenvalue weighted by Crippen LogP contribution is 2.40. The lowest BCUT2D eigenvalue weighted by molar-refractivity contribution is -0.142. The molecule has 1 aliphatic heterocycles. The molecule has 8 heteroatoms. The van der Waals surface area contributed by atoms with Gasteiger partial charge in [0.1, 0.15) is 23.8 Å². The maximum absolute atomic E-state index is 14.1. The Hall–Kier alpha value is -2.71.